The van der Waals surface area contributed by atoms with E-state index in [1.165, 1.54) is 13.0 Å². The molecule has 0 unspecified atom stereocenters. The zero-order valence-corrected chi connectivity index (χ0v) is 23.8. The second-order valence-corrected chi connectivity index (χ2v) is 10.0. The van der Waals surface area contributed by atoms with Crippen LogP contribution in [0, 0.1) is 5.82 Å². The maximum Gasteiger partial charge on any atom is 0.329 e. The lowest BCUT2D eigenvalue weighted by Gasteiger charge is -2.23. The fourth-order valence-electron chi connectivity index (χ4n) is 4.47. The maximum atomic E-state index is 14.3. The van der Waals surface area contributed by atoms with E-state index >= 15 is 0 Å². The monoisotopic (exact) mass is 590 g/mol. The van der Waals surface area contributed by atoms with Gasteiger partial charge < -0.3 is 20.7 Å². The minimum Gasteiger partial charge on any atom is -0.456 e. The van der Waals surface area contributed by atoms with E-state index in [1.807, 2.05) is 42.5 Å². The quantitative estimate of drug-likeness (QED) is 0.156. The number of allylic oxidation sites excluding steroid dienone is 2. The molecular weight excluding hydrogens is 559 g/mol. The summed E-state index contributed by atoms with van der Waals surface area (Å²) in [4.78, 5) is 56.8. The number of rotatable bonds is 5. The minimum atomic E-state index is -1.18. The molecule has 11 heteroatoms. The average Bonchev–Trinajstić information content (AvgIpc) is 2.97. The molecule has 1 aliphatic rings. The van der Waals surface area contributed by atoms with Gasteiger partial charge in [0.05, 0.1) is 18.7 Å². The number of hydrogen-bond acceptors (Lipinski definition) is 7. The molecule has 2 atom stereocenters. The van der Waals surface area contributed by atoms with E-state index in [2.05, 4.69) is 33.6 Å². The van der Waals surface area contributed by atoms with E-state index in [-0.39, 0.29) is 36.5 Å². The number of nitrogens with zero attached hydrogens (tertiary/aromatic N) is 1. The Balaban J connectivity index is 1.71. The fourth-order valence-corrected chi connectivity index (χ4v) is 4.62. The van der Waals surface area contributed by atoms with Crippen LogP contribution in [-0.4, -0.2) is 46.6 Å². The van der Waals surface area contributed by atoms with Crippen molar-refractivity contribution in [2.75, 3.05) is 5.75 Å². The number of carbonyl (C=O) groups is 4. The summed E-state index contributed by atoms with van der Waals surface area (Å²) < 4.78 is 20.1. The van der Waals surface area contributed by atoms with Crippen LogP contribution in [0.15, 0.2) is 78.5 Å². The highest BCUT2D eigenvalue weighted by atomic mass is 32.1. The zero-order valence-electron chi connectivity index (χ0n) is 22.9. The van der Waals surface area contributed by atoms with Crippen molar-refractivity contribution >= 4 is 47.1 Å². The van der Waals surface area contributed by atoms with Gasteiger partial charge in [-0.05, 0) is 47.6 Å². The number of nitrogens with one attached hydrogen (secondary N) is 3. The van der Waals surface area contributed by atoms with E-state index in [0.717, 1.165) is 28.5 Å². The Morgan fingerprint density at radius 3 is 2.64 bits per heavy atom. The smallest absolute Gasteiger partial charge is 0.329 e. The summed E-state index contributed by atoms with van der Waals surface area (Å²) in [5, 5.41) is 9.59. The van der Waals surface area contributed by atoms with Crippen molar-refractivity contribution in [3.8, 4) is 0 Å². The van der Waals surface area contributed by atoms with Crippen molar-refractivity contribution < 1.29 is 28.3 Å². The van der Waals surface area contributed by atoms with Crippen LogP contribution in [0.2, 0.25) is 0 Å². The molecule has 0 radical (unpaired) electrons. The lowest BCUT2D eigenvalue weighted by molar-refractivity contribution is -0.151. The number of esters is 1. The number of pyridine rings is 1. The molecule has 3 N–H and O–H groups in total. The molecule has 2 aromatic carbocycles. The predicted molar refractivity (Wildman–Crippen MR) is 159 cm³/mol. The summed E-state index contributed by atoms with van der Waals surface area (Å²) in [6.45, 7) is 1.37. The summed E-state index contributed by atoms with van der Waals surface area (Å²) >= 11 is 4.19. The van der Waals surface area contributed by atoms with Crippen molar-refractivity contribution in [2.24, 2.45) is 0 Å². The number of ether oxygens (including phenoxy) is 1. The first-order valence-corrected chi connectivity index (χ1v) is 14.1. The first-order valence-electron chi connectivity index (χ1n) is 13.4. The Bertz CT molecular complexity index is 1550. The van der Waals surface area contributed by atoms with E-state index < -0.39 is 41.7 Å². The second kappa shape index (κ2) is 14.4. The van der Waals surface area contributed by atoms with Gasteiger partial charge in [0.2, 0.25) is 5.91 Å². The number of carbonyl (C=O) groups excluding carboxylic acids is 4. The van der Waals surface area contributed by atoms with Gasteiger partial charge >= 0.3 is 5.97 Å². The van der Waals surface area contributed by atoms with Gasteiger partial charge in [-0.15, -0.1) is 0 Å². The molecule has 0 fully saturated rings. The summed E-state index contributed by atoms with van der Waals surface area (Å²) in [7, 11) is 0. The third-order valence-corrected chi connectivity index (χ3v) is 6.78. The molecule has 1 aromatic heterocycles. The Labute approximate surface area is 248 Å². The highest BCUT2D eigenvalue weighted by Crippen LogP contribution is 2.21. The molecule has 0 saturated carbocycles. The van der Waals surface area contributed by atoms with Gasteiger partial charge in [0.25, 0.3) is 11.8 Å². The third-order valence-electron chi connectivity index (χ3n) is 6.52. The molecule has 0 spiro atoms. The lowest BCUT2D eigenvalue weighted by atomic mass is 9.98. The summed E-state index contributed by atoms with van der Waals surface area (Å²) in [6, 6.07) is 14.1. The minimum absolute atomic E-state index is 0.0744. The predicted octanol–water partition coefficient (Wildman–Crippen LogP) is 3.54. The summed E-state index contributed by atoms with van der Waals surface area (Å²) in [5.41, 5.74) is 0.445. The van der Waals surface area contributed by atoms with Gasteiger partial charge in [0.15, 0.2) is 0 Å². The Kier molecular flexibility index (Phi) is 10.4. The molecule has 0 aliphatic carbocycles. The molecule has 9 nitrogen and oxygen atoms in total. The van der Waals surface area contributed by atoms with Gasteiger partial charge in [0, 0.05) is 12.5 Å². The topological polar surface area (TPSA) is 126 Å². The van der Waals surface area contributed by atoms with Crippen molar-refractivity contribution in [3.63, 3.8) is 0 Å². The molecule has 2 heterocycles. The van der Waals surface area contributed by atoms with Gasteiger partial charge in [-0.1, -0.05) is 54.6 Å². The van der Waals surface area contributed by atoms with Crippen molar-refractivity contribution in [1.82, 2.24) is 20.9 Å². The number of thiol groups is 1. The van der Waals surface area contributed by atoms with Crippen LogP contribution in [0.25, 0.3) is 10.8 Å². The van der Waals surface area contributed by atoms with Crippen molar-refractivity contribution in [3.05, 3.63) is 101 Å². The molecule has 218 valence electrons. The number of benzene rings is 2. The molecule has 3 aromatic rings. The summed E-state index contributed by atoms with van der Waals surface area (Å²) in [6.07, 6.45) is 4.19. The second-order valence-electron chi connectivity index (χ2n) is 9.58. The first-order chi connectivity index (χ1) is 20.3. The standard InChI is InChI=1S/C31H31FN4O5S/c1-2-25-29(38)36-27(14-20-10-7-9-19-8-3-4-12-24(19)20)31(40)41-23(11-5-6-13-42)17-28(37)33-18-22-15-21(32)16-26(34-22)30(39)35-25/h2-5,7-12,15-16,23,27,42H,6,13-14,17-18H2,1H3,(H,33,37)(H,35,39)(H,36,38)/b11-5+,25-2-/t23-,27+/m1/s1. The molecule has 0 saturated heterocycles. The molecule has 42 heavy (non-hydrogen) atoms. The fraction of sp³-hybridized carbons (Fsp3) is 0.258. The van der Waals surface area contributed by atoms with Crippen LogP contribution in [0.4, 0.5) is 4.39 Å². The third kappa shape index (κ3) is 8.03. The maximum absolute atomic E-state index is 14.3. The highest BCUT2D eigenvalue weighted by Gasteiger charge is 2.28. The normalized spacial score (nSPS) is 19.8. The van der Waals surface area contributed by atoms with Crippen molar-refractivity contribution in [2.45, 2.75) is 44.9 Å². The number of amides is 3. The number of hydrogen-bond donors (Lipinski definition) is 4. The van der Waals surface area contributed by atoms with Gasteiger partial charge in [-0.2, -0.15) is 12.6 Å². The Hall–Kier alpha value is -4.51. The van der Waals surface area contributed by atoms with Crippen LogP contribution >= 0.6 is 12.6 Å². The van der Waals surface area contributed by atoms with E-state index in [0.29, 0.717) is 12.2 Å². The highest BCUT2D eigenvalue weighted by molar-refractivity contribution is 7.80. The number of cyclic esters (lactones) is 1. The molecule has 4 rings (SSSR count). The van der Waals surface area contributed by atoms with Gasteiger partial charge in [-0.25, -0.2) is 14.2 Å². The Morgan fingerprint density at radius 2 is 1.86 bits per heavy atom. The summed E-state index contributed by atoms with van der Waals surface area (Å²) in [5.74, 6) is -3.01. The van der Waals surface area contributed by atoms with Gasteiger partial charge in [-0.3, -0.25) is 14.4 Å². The van der Waals surface area contributed by atoms with Crippen LogP contribution < -0.4 is 16.0 Å². The largest absolute Gasteiger partial charge is 0.456 e. The molecule has 3 amide bonds. The van der Waals surface area contributed by atoms with Crippen LogP contribution in [0.5, 0.6) is 0 Å². The SMILES string of the molecule is C/C=C1\NC(=O)c2cc(F)cc(n2)CNC(=O)C[C@@H](/C=C/CCS)OC(=O)[C@H](Cc2cccc3ccccc23)NC1=O. The number of halogens is 1. The van der Waals surface area contributed by atoms with Gasteiger partial charge in [0.1, 0.15) is 29.4 Å². The van der Waals surface area contributed by atoms with Crippen molar-refractivity contribution in [1.29, 1.82) is 0 Å². The lowest BCUT2D eigenvalue weighted by Crippen LogP contribution is -2.47. The van der Waals surface area contributed by atoms with E-state index in [4.69, 9.17) is 4.74 Å². The van der Waals surface area contributed by atoms with Crippen LogP contribution in [-0.2, 0) is 32.1 Å². The Morgan fingerprint density at radius 1 is 1.07 bits per heavy atom. The van der Waals surface area contributed by atoms with E-state index in [9.17, 15) is 23.6 Å². The van der Waals surface area contributed by atoms with Crippen LogP contribution in [0.1, 0.15) is 41.5 Å². The molecule has 2 bridgehead atoms. The number of aromatic nitrogens is 1. The zero-order chi connectivity index (χ0) is 30.1. The number of fused-ring (bicyclic) bond motifs is 3. The first kappa shape index (κ1) is 30.4. The average molecular weight is 591 g/mol. The van der Waals surface area contributed by atoms with E-state index in [1.54, 1.807) is 12.2 Å². The molecule has 1 aliphatic heterocycles. The molecular formula is C31H31FN4O5S. The van der Waals surface area contributed by atoms with Crippen LogP contribution in [0.3, 0.4) is 0 Å².